The number of hydrogen-bond acceptors (Lipinski definition) is 9. The van der Waals surface area contributed by atoms with Gasteiger partial charge in [0.25, 0.3) is 0 Å². The van der Waals surface area contributed by atoms with Crippen LogP contribution in [0.1, 0.15) is 41.9 Å². The lowest BCUT2D eigenvalue weighted by Crippen LogP contribution is -2.58. The van der Waals surface area contributed by atoms with Crippen molar-refractivity contribution in [3.63, 3.8) is 0 Å². The number of thioether (sulfide) groups is 1. The fourth-order valence-electron chi connectivity index (χ4n) is 4.54. The van der Waals surface area contributed by atoms with Gasteiger partial charge in [-0.3, -0.25) is 14.4 Å². The highest BCUT2D eigenvalue weighted by atomic mass is 32.2. The molecule has 4 rings (SSSR count). The first-order chi connectivity index (χ1) is 15.8. The van der Waals surface area contributed by atoms with E-state index in [-0.39, 0.29) is 41.8 Å². The lowest BCUT2D eigenvalue weighted by molar-refractivity contribution is -0.143. The zero-order valence-electron chi connectivity index (χ0n) is 17.6. The molecule has 0 aliphatic carbocycles. The van der Waals surface area contributed by atoms with E-state index in [0.29, 0.717) is 24.4 Å². The van der Waals surface area contributed by atoms with Crippen molar-refractivity contribution in [2.45, 2.75) is 61.6 Å². The summed E-state index contributed by atoms with van der Waals surface area (Å²) in [6, 6.07) is 0.848. The van der Waals surface area contributed by atoms with Crippen LogP contribution < -0.4 is 16.4 Å². The van der Waals surface area contributed by atoms with Gasteiger partial charge in [-0.05, 0) is 25.7 Å². The summed E-state index contributed by atoms with van der Waals surface area (Å²) in [5.41, 5.74) is 5.65. The molecular weight excluding hydrogens is 452 g/mol. The molecule has 0 saturated carbocycles. The number of nitrogens with zero attached hydrogens (tertiary/aromatic N) is 3. The largest absolute Gasteiger partial charge is 0.476 e. The average molecular weight is 477 g/mol. The molecule has 0 spiro atoms. The summed E-state index contributed by atoms with van der Waals surface area (Å²) in [5, 5.41) is 27.4. The fourth-order valence-corrected chi connectivity index (χ4v) is 5.97. The predicted octanol–water partition coefficient (Wildman–Crippen LogP) is -0.790. The van der Waals surface area contributed by atoms with Gasteiger partial charge in [-0.2, -0.15) is 5.26 Å². The molecule has 4 heterocycles. The first-order valence-corrected chi connectivity index (χ1v) is 11.7. The summed E-state index contributed by atoms with van der Waals surface area (Å²) in [4.78, 5) is 50.2. The molecule has 3 aliphatic rings. The molecule has 0 aromatic carbocycles. The lowest BCUT2D eigenvalue weighted by Gasteiger charge is -2.35. The number of carbonyl (C=O) groups is 4. The zero-order valence-corrected chi connectivity index (χ0v) is 18.4. The molecule has 33 heavy (non-hydrogen) atoms. The Hall–Kier alpha value is -3.11. The molecule has 13 heteroatoms. The number of carboxylic acid groups (broad SMARTS) is 1. The number of rotatable bonds is 7. The van der Waals surface area contributed by atoms with E-state index in [0.717, 1.165) is 6.42 Å². The second-order valence-corrected chi connectivity index (χ2v) is 9.70. The van der Waals surface area contributed by atoms with Crippen LogP contribution in [0.2, 0.25) is 0 Å². The van der Waals surface area contributed by atoms with Gasteiger partial charge in [0.1, 0.15) is 17.8 Å². The molecule has 3 aliphatic heterocycles. The van der Waals surface area contributed by atoms with Crippen LogP contribution >= 0.6 is 11.8 Å². The van der Waals surface area contributed by atoms with Gasteiger partial charge in [0.2, 0.25) is 17.7 Å². The molecule has 1 unspecified atom stereocenters. The van der Waals surface area contributed by atoms with E-state index in [4.69, 9.17) is 15.4 Å². The molecule has 5 N–H and O–H groups in total. The quantitative estimate of drug-likeness (QED) is 0.388. The van der Waals surface area contributed by atoms with Crippen LogP contribution in [0.25, 0.3) is 0 Å². The van der Waals surface area contributed by atoms with Crippen molar-refractivity contribution in [3.05, 3.63) is 17.5 Å². The number of piperidine rings is 1. The minimum absolute atomic E-state index is 0.0762. The number of nitriles is 1. The summed E-state index contributed by atoms with van der Waals surface area (Å²) < 4.78 is 5.00. The second-order valence-electron chi connectivity index (χ2n) is 8.48. The number of fused-ring (bicyclic) bond motifs is 1. The monoisotopic (exact) mass is 476 g/mol. The van der Waals surface area contributed by atoms with E-state index >= 15 is 0 Å². The van der Waals surface area contributed by atoms with Gasteiger partial charge in [-0.15, -0.1) is 11.8 Å². The van der Waals surface area contributed by atoms with Gasteiger partial charge in [-0.1, -0.05) is 5.16 Å². The topological polar surface area (TPSA) is 192 Å². The Labute approximate surface area is 193 Å². The highest BCUT2D eigenvalue weighted by molar-refractivity contribution is 8.00. The Morgan fingerprint density at radius 3 is 2.94 bits per heavy atom. The summed E-state index contributed by atoms with van der Waals surface area (Å²) >= 11 is 1.53. The smallest absolute Gasteiger partial charge is 0.358 e. The Morgan fingerprint density at radius 1 is 1.45 bits per heavy atom. The molecule has 3 fully saturated rings. The van der Waals surface area contributed by atoms with E-state index < -0.39 is 35.9 Å². The van der Waals surface area contributed by atoms with E-state index in [2.05, 4.69) is 15.8 Å². The van der Waals surface area contributed by atoms with Gasteiger partial charge in [-0.25, -0.2) is 4.79 Å². The van der Waals surface area contributed by atoms with E-state index in [1.165, 1.54) is 22.7 Å². The maximum Gasteiger partial charge on any atom is 0.358 e. The molecule has 3 amide bonds. The van der Waals surface area contributed by atoms with Crippen LogP contribution in [-0.2, 0) is 20.8 Å². The zero-order chi connectivity index (χ0) is 23.7. The minimum atomic E-state index is -1.20. The van der Waals surface area contributed by atoms with Crippen LogP contribution in [0.3, 0.4) is 0 Å². The molecule has 0 bridgehead atoms. The standard InChI is InChI=1S/C20H24N6O6S/c21-7-11(24-18(28)15-8-33-16-2-1-13(22)19(29)26(15)16)4-9-3-10(23-17(9)27)5-12-6-14(20(30)31)25-32-12/h6,9-11,13,15-16H,1-5,8,22H2,(H,23,27)(H,24,28)(H,30,31)/t9-,10?,11-,13-,15-,16-/m0/s1. The summed E-state index contributed by atoms with van der Waals surface area (Å²) in [5.74, 6) is -1.85. The van der Waals surface area contributed by atoms with Crippen molar-refractivity contribution in [2.24, 2.45) is 11.7 Å². The van der Waals surface area contributed by atoms with Crippen LogP contribution in [0.15, 0.2) is 10.6 Å². The Morgan fingerprint density at radius 2 is 2.24 bits per heavy atom. The summed E-state index contributed by atoms with van der Waals surface area (Å²) in [7, 11) is 0. The van der Waals surface area contributed by atoms with Crippen LogP contribution in [-0.4, -0.2) is 74.1 Å². The average Bonchev–Trinajstić information content (AvgIpc) is 3.49. The number of aromatic carboxylic acids is 1. The summed E-state index contributed by atoms with van der Waals surface area (Å²) in [6.45, 7) is 0. The predicted molar refractivity (Wildman–Crippen MR) is 113 cm³/mol. The van der Waals surface area contributed by atoms with E-state index in [9.17, 15) is 24.4 Å². The molecule has 1 aromatic heterocycles. The van der Waals surface area contributed by atoms with E-state index in [1.807, 2.05) is 6.07 Å². The minimum Gasteiger partial charge on any atom is -0.476 e. The first kappa shape index (κ1) is 23.1. The van der Waals surface area contributed by atoms with Gasteiger partial charge < -0.3 is 30.9 Å². The molecule has 176 valence electrons. The maximum atomic E-state index is 12.9. The van der Waals surface area contributed by atoms with Crippen molar-refractivity contribution < 1.29 is 28.8 Å². The molecular formula is C20H24N6O6S. The number of carboxylic acids is 1. The number of amides is 3. The lowest BCUT2D eigenvalue weighted by atomic mass is 9.95. The van der Waals surface area contributed by atoms with E-state index in [1.54, 1.807) is 0 Å². The van der Waals surface area contributed by atoms with Gasteiger partial charge in [0, 0.05) is 30.2 Å². The SMILES string of the molecule is N#C[C@H](C[C@@H]1CC(Cc2cc(C(=O)O)no2)NC1=O)NC(=O)[C@@H]1CS[C@H]2CC[C@H](N)C(=O)N21. The highest BCUT2D eigenvalue weighted by Crippen LogP contribution is 2.36. The van der Waals surface area contributed by atoms with Crippen molar-refractivity contribution in [1.29, 1.82) is 5.26 Å². The molecule has 3 saturated heterocycles. The Kier molecular flexibility index (Phi) is 6.57. The highest BCUT2D eigenvalue weighted by Gasteiger charge is 2.46. The van der Waals surface area contributed by atoms with Crippen LogP contribution in [0, 0.1) is 17.2 Å². The van der Waals surface area contributed by atoms with Crippen molar-refractivity contribution in [2.75, 3.05) is 5.75 Å². The third kappa shape index (κ3) is 4.81. The fraction of sp³-hybridized carbons (Fsp3) is 0.600. The number of carbonyl (C=O) groups excluding carboxylic acids is 3. The molecule has 12 nitrogen and oxygen atoms in total. The third-order valence-electron chi connectivity index (χ3n) is 6.20. The normalized spacial score (nSPS) is 29.8. The number of aromatic nitrogens is 1. The van der Waals surface area contributed by atoms with Crippen molar-refractivity contribution >= 4 is 35.5 Å². The molecule has 6 atom stereocenters. The molecule has 1 aromatic rings. The number of nitrogens with one attached hydrogen (secondary N) is 2. The van der Waals surface area contributed by atoms with Crippen molar-refractivity contribution in [3.8, 4) is 6.07 Å². The summed E-state index contributed by atoms with van der Waals surface area (Å²) in [6.07, 6.45) is 2.11. The van der Waals surface area contributed by atoms with Gasteiger partial charge >= 0.3 is 5.97 Å². The van der Waals surface area contributed by atoms with Crippen LogP contribution in [0.5, 0.6) is 0 Å². The Bertz CT molecular complexity index is 1010. The second kappa shape index (κ2) is 9.40. The molecule has 0 radical (unpaired) electrons. The number of nitrogens with two attached hydrogens (primary N) is 1. The number of hydrogen-bond donors (Lipinski definition) is 4. The Balaban J connectivity index is 1.32. The maximum absolute atomic E-state index is 12.9. The van der Waals surface area contributed by atoms with Crippen LogP contribution in [0.4, 0.5) is 0 Å². The van der Waals surface area contributed by atoms with Gasteiger partial charge in [0.05, 0.1) is 17.5 Å². The first-order valence-electron chi connectivity index (χ1n) is 10.7. The van der Waals surface area contributed by atoms with Gasteiger partial charge in [0.15, 0.2) is 5.69 Å². The van der Waals surface area contributed by atoms with Crippen molar-refractivity contribution in [1.82, 2.24) is 20.7 Å². The third-order valence-corrected chi connectivity index (χ3v) is 7.55.